The zero-order chi connectivity index (χ0) is 12.2. The lowest BCUT2D eigenvalue weighted by Gasteiger charge is -2.47. The van der Waals surface area contributed by atoms with Crippen molar-refractivity contribution in [3.05, 3.63) is 0 Å². The third-order valence-corrected chi connectivity index (χ3v) is 3.96. The number of hydrogen-bond acceptors (Lipinski definition) is 3. The normalized spacial score (nSPS) is 24.6. The Labute approximate surface area is 101 Å². The molecule has 96 valence electrons. The van der Waals surface area contributed by atoms with Crippen LogP contribution in [-0.4, -0.2) is 61.2 Å². The van der Waals surface area contributed by atoms with Crippen LogP contribution in [0.3, 0.4) is 0 Å². The fourth-order valence-corrected chi connectivity index (χ4v) is 2.32. The Morgan fingerprint density at radius 1 is 1.31 bits per heavy atom. The molecule has 0 aromatic rings. The smallest absolute Gasteiger partial charge is 0.0277 e. The van der Waals surface area contributed by atoms with Gasteiger partial charge in [0, 0.05) is 31.2 Å². The minimum atomic E-state index is 0.324. The van der Waals surface area contributed by atoms with E-state index in [1.807, 2.05) is 0 Å². The number of nitrogens with zero attached hydrogens (tertiary/aromatic N) is 2. The molecule has 0 aromatic carbocycles. The van der Waals surface area contributed by atoms with E-state index in [-0.39, 0.29) is 0 Å². The lowest BCUT2D eigenvalue weighted by atomic mass is 9.98. The van der Waals surface area contributed by atoms with Crippen molar-refractivity contribution in [2.75, 3.05) is 39.8 Å². The Morgan fingerprint density at radius 2 is 2.00 bits per heavy atom. The van der Waals surface area contributed by atoms with Gasteiger partial charge in [0.25, 0.3) is 0 Å². The van der Waals surface area contributed by atoms with Crippen LogP contribution in [-0.2, 0) is 0 Å². The highest BCUT2D eigenvalue weighted by Gasteiger charge is 2.32. The molecule has 16 heavy (non-hydrogen) atoms. The van der Waals surface area contributed by atoms with Crippen molar-refractivity contribution in [1.82, 2.24) is 15.1 Å². The first-order valence-corrected chi connectivity index (χ1v) is 6.63. The van der Waals surface area contributed by atoms with Crippen LogP contribution in [0.15, 0.2) is 0 Å². The average Bonchev–Trinajstić information content (AvgIpc) is 2.22. The molecule has 1 N–H and O–H groups in total. The number of likely N-dealkylation sites (N-methyl/N-ethyl adjacent to an activating group) is 1. The molecule has 3 heteroatoms. The van der Waals surface area contributed by atoms with Gasteiger partial charge in [-0.25, -0.2) is 0 Å². The Bertz CT molecular complexity index is 203. The molecule has 0 aromatic heterocycles. The number of nitrogens with one attached hydrogen (secondary N) is 1. The van der Waals surface area contributed by atoms with Gasteiger partial charge in [0.2, 0.25) is 0 Å². The van der Waals surface area contributed by atoms with Gasteiger partial charge in [-0.1, -0.05) is 6.92 Å². The van der Waals surface area contributed by atoms with E-state index in [0.717, 1.165) is 13.1 Å². The maximum Gasteiger partial charge on any atom is 0.0277 e. The van der Waals surface area contributed by atoms with Gasteiger partial charge in [-0.05, 0) is 47.3 Å². The van der Waals surface area contributed by atoms with E-state index < -0.39 is 0 Å². The van der Waals surface area contributed by atoms with Crippen molar-refractivity contribution >= 4 is 0 Å². The molecular weight excluding hydrogens is 198 g/mol. The van der Waals surface area contributed by atoms with E-state index in [2.05, 4.69) is 49.9 Å². The summed E-state index contributed by atoms with van der Waals surface area (Å²) >= 11 is 0. The van der Waals surface area contributed by atoms with E-state index in [1.54, 1.807) is 0 Å². The lowest BCUT2D eigenvalue weighted by Crippen LogP contribution is -2.59. The van der Waals surface area contributed by atoms with E-state index in [0.29, 0.717) is 11.6 Å². The summed E-state index contributed by atoms with van der Waals surface area (Å²) in [6.45, 7) is 15.0. The minimum absolute atomic E-state index is 0.324. The lowest BCUT2D eigenvalue weighted by molar-refractivity contribution is 0.0190. The van der Waals surface area contributed by atoms with Crippen molar-refractivity contribution < 1.29 is 0 Å². The molecule has 1 fully saturated rings. The molecule has 0 bridgehead atoms. The molecule has 0 amide bonds. The third-order valence-electron chi connectivity index (χ3n) is 3.96. The third kappa shape index (κ3) is 3.72. The molecule has 1 aliphatic heterocycles. The van der Waals surface area contributed by atoms with E-state index in [4.69, 9.17) is 0 Å². The molecule has 0 spiro atoms. The summed E-state index contributed by atoms with van der Waals surface area (Å²) in [6.07, 6.45) is 1.26. The molecule has 0 saturated carbocycles. The Morgan fingerprint density at radius 3 is 2.56 bits per heavy atom. The van der Waals surface area contributed by atoms with E-state index in [9.17, 15) is 0 Å². The largest absolute Gasteiger partial charge is 0.317 e. The van der Waals surface area contributed by atoms with Crippen molar-refractivity contribution in [2.45, 2.75) is 45.7 Å². The maximum absolute atomic E-state index is 3.41. The molecule has 1 heterocycles. The molecule has 0 aliphatic carbocycles. The summed E-state index contributed by atoms with van der Waals surface area (Å²) in [5, 5.41) is 3.41. The van der Waals surface area contributed by atoms with Gasteiger partial charge in [-0.3, -0.25) is 9.80 Å². The average molecular weight is 227 g/mol. The SMILES string of the molecule is CCNCCC(C)N1CCN(C)C(C)(C)C1. The van der Waals surface area contributed by atoms with Crippen molar-refractivity contribution in [2.24, 2.45) is 0 Å². The zero-order valence-electron chi connectivity index (χ0n) is 11.7. The molecule has 1 rings (SSSR count). The van der Waals surface area contributed by atoms with Gasteiger partial charge in [-0.2, -0.15) is 0 Å². The summed E-state index contributed by atoms with van der Waals surface area (Å²) in [6, 6.07) is 0.701. The van der Waals surface area contributed by atoms with Crippen LogP contribution in [0.25, 0.3) is 0 Å². The van der Waals surface area contributed by atoms with Crippen LogP contribution in [0.4, 0.5) is 0 Å². The van der Waals surface area contributed by atoms with E-state index in [1.165, 1.54) is 26.1 Å². The number of rotatable bonds is 5. The molecule has 3 nitrogen and oxygen atoms in total. The van der Waals surface area contributed by atoms with E-state index >= 15 is 0 Å². The molecule has 1 atom stereocenters. The highest BCUT2D eigenvalue weighted by atomic mass is 15.3. The summed E-state index contributed by atoms with van der Waals surface area (Å²) in [4.78, 5) is 5.11. The first-order chi connectivity index (χ1) is 7.47. The monoisotopic (exact) mass is 227 g/mol. The summed E-state index contributed by atoms with van der Waals surface area (Å²) in [7, 11) is 2.24. The predicted octanol–water partition coefficient (Wildman–Crippen LogP) is 1.40. The Kier molecular flexibility index (Phi) is 5.22. The summed E-state index contributed by atoms with van der Waals surface area (Å²) in [5.74, 6) is 0. The summed E-state index contributed by atoms with van der Waals surface area (Å²) < 4.78 is 0. The number of piperazine rings is 1. The van der Waals surface area contributed by atoms with Gasteiger partial charge in [0.15, 0.2) is 0 Å². The Balaban J connectivity index is 2.37. The standard InChI is InChI=1S/C13H29N3/c1-6-14-8-7-12(2)16-10-9-15(5)13(3,4)11-16/h12,14H,6-11H2,1-5H3. The maximum atomic E-state index is 3.41. The molecule has 1 aliphatic rings. The fourth-order valence-electron chi connectivity index (χ4n) is 2.32. The van der Waals surface area contributed by atoms with Gasteiger partial charge in [-0.15, -0.1) is 0 Å². The van der Waals surface area contributed by atoms with Crippen LogP contribution >= 0.6 is 0 Å². The zero-order valence-corrected chi connectivity index (χ0v) is 11.7. The van der Waals surface area contributed by atoms with Crippen LogP contribution in [0, 0.1) is 0 Å². The van der Waals surface area contributed by atoms with Crippen LogP contribution in [0.5, 0.6) is 0 Å². The first-order valence-electron chi connectivity index (χ1n) is 6.63. The second-order valence-corrected chi connectivity index (χ2v) is 5.70. The molecule has 1 saturated heterocycles. The van der Waals surface area contributed by atoms with Crippen molar-refractivity contribution in [3.63, 3.8) is 0 Å². The van der Waals surface area contributed by atoms with Gasteiger partial charge in [0.1, 0.15) is 0 Å². The second-order valence-electron chi connectivity index (χ2n) is 5.70. The predicted molar refractivity (Wildman–Crippen MR) is 70.9 cm³/mol. The van der Waals surface area contributed by atoms with Crippen molar-refractivity contribution in [1.29, 1.82) is 0 Å². The fraction of sp³-hybridized carbons (Fsp3) is 1.00. The van der Waals surface area contributed by atoms with Crippen LogP contribution < -0.4 is 5.32 Å². The van der Waals surface area contributed by atoms with Gasteiger partial charge in [0.05, 0.1) is 0 Å². The Hall–Kier alpha value is -0.120. The number of hydrogen-bond donors (Lipinski definition) is 1. The minimum Gasteiger partial charge on any atom is -0.317 e. The molecular formula is C13H29N3. The topological polar surface area (TPSA) is 18.5 Å². The van der Waals surface area contributed by atoms with Crippen molar-refractivity contribution in [3.8, 4) is 0 Å². The highest BCUT2D eigenvalue weighted by Crippen LogP contribution is 2.21. The van der Waals surface area contributed by atoms with Gasteiger partial charge < -0.3 is 5.32 Å². The van der Waals surface area contributed by atoms with Crippen LogP contribution in [0.2, 0.25) is 0 Å². The quantitative estimate of drug-likeness (QED) is 0.716. The molecule has 1 unspecified atom stereocenters. The van der Waals surface area contributed by atoms with Crippen LogP contribution in [0.1, 0.15) is 34.1 Å². The van der Waals surface area contributed by atoms with Gasteiger partial charge >= 0.3 is 0 Å². The highest BCUT2D eigenvalue weighted by molar-refractivity contribution is 4.89. The summed E-state index contributed by atoms with van der Waals surface area (Å²) in [5.41, 5.74) is 0.324. The second kappa shape index (κ2) is 5.99. The first kappa shape index (κ1) is 13.9. The molecule has 0 radical (unpaired) electrons.